The highest BCUT2D eigenvalue weighted by molar-refractivity contribution is 6.42. The molecule has 13 heteroatoms. The minimum atomic E-state index is -1.22. The Hall–Kier alpha value is -2.66. The van der Waals surface area contributed by atoms with E-state index in [1.165, 1.54) is 6.92 Å². The van der Waals surface area contributed by atoms with Crippen molar-refractivity contribution in [2.75, 3.05) is 24.6 Å². The van der Waals surface area contributed by atoms with Gasteiger partial charge in [0, 0.05) is 25.2 Å². The largest absolute Gasteiger partial charge is 0.465 e. The number of carbonyl (C=O) groups excluding carboxylic acids is 2. The highest BCUT2D eigenvalue weighted by atomic mass is 35.5. The molecule has 1 aromatic rings. The molecule has 0 aromatic carbocycles. The fourth-order valence-electron chi connectivity index (χ4n) is 2.80. The molecule has 2 rings (SSSR count). The highest BCUT2D eigenvalue weighted by Crippen LogP contribution is 2.35. The van der Waals surface area contributed by atoms with Gasteiger partial charge in [-0.1, -0.05) is 23.2 Å². The summed E-state index contributed by atoms with van der Waals surface area (Å²) in [6.45, 7) is 1.57. The van der Waals surface area contributed by atoms with E-state index in [1.807, 2.05) is 0 Å². The summed E-state index contributed by atoms with van der Waals surface area (Å²) in [6, 6.07) is 0.209. The number of hydrogen-bond acceptors (Lipinski definition) is 7. The maximum atomic E-state index is 12.7. The van der Waals surface area contributed by atoms with Crippen molar-refractivity contribution in [1.29, 1.82) is 0 Å². The van der Waals surface area contributed by atoms with Crippen LogP contribution in [0.25, 0.3) is 0 Å². The molecule has 0 saturated carbocycles. The molecule has 1 aliphatic heterocycles. The molecule has 0 bridgehead atoms. The third kappa shape index (κ3) is 4.60. The van der Waals surface area contributed by atoms with Gasteiger partial charge in [-0.3, -0.25) is 19.8 Å². The molecule has 2 amide bonds. The minimum Gasteiger partial charge on any atom is -0.465 e. The van der Waals surface area contributed by atoms with Gasteiger partial charge in [-0.05, 0) is 19.8 Å². The molecule has 1 saturated heterocycles. The average Bonchev–Trinajstić information content (AvgIpc) is 2.64. The fraction of sp³-hybridized carbons (Fsp3) is 0.467. The lowest BCUT2D eigenvalue weighted by atomic mass is 10.0. The van der Waals surface area contributed by atoms with Crippen LogP contribution in [0.3, 0.4) is 0 Å². The smallest absolute Gasteiger partial charge is 0.407 e. The van der Waals surface area contributed by atoms with E-state index >= 15 is 0 Å². The van der Waals surface area contributed by atoms with Crippen molar-refractivity contribution >= 4 is 52.7 Å². The van der Waals surface area contributed by atoms with E-state index in [0.717, 1.165) is 15.9 Å². The number of nitro groups is 1. The van der Waals surface area contributed by atoms with E-state index in [0.29, 0.717) is 0 Å². The van der Waals surface area contributed by atoms with E-state index in [1.54, 1.807) is 0 Å². The van der Waals surface area contributed by atoms with Crippen molar-refractivity contribution in [3.63, 3.8) is 0 Å². The zero-order valence-electron chi connectivity index (χ0n) is 14.6. The predicted molar refractivity (Wildman–Crippen MR) is 97.7 cm³/mol. The summed E-state index contributed by atoms with van der Waals surface area (Å²) in [6.07, 6.45) is -0.854. The van der Waals surface area contributed by atoms with Crippen LogP contribution in [0, 0.1) is 10.1 Å². The lowest BCUT2D eigenvalue weighted by Crippen LogP contribution is -2.51. The number of amides is 2. The van der Waals surface area contributed by atoms with Crippen molar-refractivity contribution in [2.45, 2.75) is 25.8 Å². The van der Waals surface area contributed by atoms with Gasteiger partial charge in [0.2, 0.25) is 5.82 Å². The molecule has 0 aliphatic carbocycles. The number of carbonyl (C=O) groups is 3. The molecular weight excluding hydrogens is 419 g/mol. The zero-order valence-corrected chi connectivity index (χ0v) is 16.1. The van der Waals surface area contributed by atoms with Gasteiger partial charge in [0.1, 0.15) is 0 Å². The quantitative estimate of drug-likeness (QED) is 0.250. The summed E-state index contributed by atoms with van der Waals surface area (Å²) >= 11 is 11.7. The van der Waals surface area contributed by atoms with E-state index in [2.05, 4.69) is 4.98 Å². The second-order valence-corrected chi connectivity index (χ2v) is 6.52. The number of aromatic nitrogens is 1. The van der Waals surface area contributed by atoms with Crippen LogP contribution < -0.4 is 4.90 Å². The van der Waals surface area contributed by atoms with Gasteiger partial charge in [0.05, 0.1) is 16.6 Å². The van der Waals surface area contributed by atoms with Crippen LogP contribution in [0.15, 0.2) is 6.07 Å². The van der Waals surface area contributed by atoms with Gasteiger partial charge >= 0.3 is 23.7 Å². The SMILES string of the molecule is CCOC(=O)C(=O)N(c1nc(Cl)c(Cl)cc1[N+](=O)[O-])C1CCN(C(=O)O)CC1. The Balaban J connectivity index is 2.49. The number of halogens is 2. The number of likely N-dealkylation sites (tertiary alicyclic amines) is 1. The molecule has 11 nitrogen and oxygen atoms in total. The van der Waals surface area contributed by atoms with E-state index in [9.17, 15) is 24.5 Å². The molecule has 1 aliphatic rings. The lowest BCUT2D eigenvalue weighted by Gasteiger charge is -2.36. The number of carboxylic acid groups (broad SMARTS) is 1. The number of esters is 1. The molecule has 28 heavy (non-hydrogen) atoms. The van der Waals surface area contributed by atoms with Crippen molar-refractivity contribution < 1.29 is 29.2 Å². The second-order valence-electron chi connectivity index (χ2n) is 5.76. The molecule has 0 spiro atoms. The first kappa shape index (κ1) is 21.6. The number of rotatable bonds is 4. The van der Waals surface area contributed by atoms with E-state index in [-0.39, 0.29) is 42.7 Å². The number of hydrogen-bond donors (Lipinski definition) is 1. The standard InChI is InChI=1S/C15H16Cl2N4O7/c1-2-28-14(23)13(22)20(8-3-5-19(6-4-8)15(24)25)12-10(21(26)27)7-9(16)11(17)18-12/h7-8H,2-6H2,1H3,(H,24,25). The van der Waals surface area contributed by atoms with Gasteiger partial charge in [-0.2, -0.15) is 0 Å². The molecular formula is C15H16Cl2N4O7. The number of pyridine rings is 1. The summed E-state index contributed by atoms with van der Waals surface area (Å²) in [5.74, 6) is -2.83. The van der Waals surface area contributed by atoms with Crippen molar-refractivity contribution in [3.05, 3.63) is 26.4 Å². The summed E-state index contributed by atoms with van der Waals surface area (Å²) in [7, 11) is 0. The Labute approximate surface area is 168 Å². The zero-order chi connectivity index (χ0) is 21.0. The summed E-state index contributed by atoms with van der Waals surface area (Å²) < 4.78 is 4.72. The van der Waals surface area contributed by atoms with Crippen LogP contribution >= 0.6 is 23.2 Å². The summed E-state index contributed by atoms with van der Waals surface area (Å²) in [4.78, 5) is 52.3. The molecule has 152 valence electrons. The Morgan fingerprint density at radius 2 is 2.00 bits per heavy atom. The van der Waals surface area contributed by atoms with Crippen LogP contribution in [-0.4, -0.2) is 63.6 Å². The van der Waals surface area contributed by atoms with Crippen molar-refractivity contribution in [3.8, 4) is 0 Å². The van der Waals surface area contributed by atoms with Crippen LogP contribution in [0.2, 0.25) is 10.2 Å². The predicted octanol–water partition coefficient (Wildman–Crippen LogP) is 2.34. The van der Waals surface area contributed by atoms with Gasteiger partial charge in [0.15, 0.2) is 5.15 Å². The molecule has 1 fully saturated rings. The van der Waals surface area contributed by atoms with Crippen molar-refractivity contribution in [1.82, 2.24) is 9.88 Å². The Morgan fingerprint density at radius 1 is 1.39 bits per heavy atom. The first-order chi connectivity index (χ1) is 13.2. The maximum Gasteiger partial charge on any atom is 0.407 e. The third-order valence-electron chi connectivity index (χ3n) is 4.09. The number of ether oxygens (including phenoxy) is 1. The summed E-state index contributed by atoms with van der Waals surface area (Å²) in [5, 5.41) is 20.0. The third-order valence-corrected chi connectivity index (χ3v) is 4.76. The fourth-order valence-corrected chi connectivity index (χ4v) is 3.08. The van der Waals surface area contributed by atoms with E-state index in [4.69, 9.17) is 33.0 Å². The molecule has 0 radical (unpaired) electrons. The van der Waals surface area contributed by atoms with E-state index < -0.39 is 40.4 Å². The number of anilines is 1. The van der Waals surface area contributed by atoms with Crippen LogP contribution in [0.4, 0.5) is 16.3 Å². The maximum absolute atomic E-state index is 12.7. The number of piperidine rings is 1. The molecule has 1 aromatic heterocycles. The monoisotopic (exact) mass is 434 g/mol. The van der Waals surface area contributed by atoms with Gasteiger partial charge in [0.25, 0.3) is 0 Å². The minimum absolute atomic E-state index is 0.0712. The van der Waals surface area contributed by atoms with Crippen LogP contribution in [-0.2, 0) is 14.3 Å². The van der Waals surface area contributed by atoms with Crippen molar-refractivity contribution in [2.24, 2.45) is 0 Å². The lowest BCUT2D eigenvalue weighted by molar-refractivity contribution is -0.384. The first-order valence-electron chi connectivity index (χ1n) is 8.16. The Morgan fingerprint density at radius 3 is 2.50 bits per heavy atom. The van der Waals surface area contributed by atoms with Crippen LogP contribution in [0.1, 0.15) is 19.8 Å². The Bertz CT molecular complexity index is 812. The van der Waals surface area contributed by atoms with Gasteiger partial charge < -0.3 is 14.7 Å². The van der Waals surface area contributed by atoms with Crippen LogP contribution in [0.5, 0.6) is 0 Å². The molecule has 0 unspecified atom stereocenters. The first-order valence-corrected chi connectivity index (χ1v) is 8.91. The number of nitrogens with zero attached hydrogens (tertiary/aromatic N) is 4. The normalized spacial score (nSPS) is 14.5. The van der Waals surface area contributed by atoms with Gasteiger partial charge in [-0.15, -0.1) is 0 Å². The molecule has 1 N–H and O–H groups in total. The molecule has 2 heterocycles. The summed E-state index contributed by atoms with van der Waals surface area (Å²) in [5.41, 5.74) is -0.618. The average molecular weight is 435 g/mol. The highest BCUT2D eigenvalue weighted by Gasteiger charge is 2.39. The topological polar surface area (TPSA) is 143 Å². The molecule has 0 atom stereocenters. The second kappa shape index (κ2) is 9.02. The van der Waals surface area contributed by atoms with Gasteiger partial charge in [-0.25, -0.2) is 14.6 Å². The Kier molecular flexibility index (Phi) is 6.97.